The van der Waals surface area contributed by atoms with E-state index in [2.05, 4.69) is 15.9 Å². The van der Waals surface area contributed by atoms with E-state index in [0.717, 1.165) is 17.3 Å². The van der Waals surface area contributed by atoms with Gasteiger partial charge in [0.2, 0.25) is 0 Å². The Morgan fingerprint density at radius 2 is 2.20 bits per heavy atom. The lowest BCUT2D eigenvalue weighted by Gasteiger charge is -2.16. The maximum absolute atomic E-state index is 12.0. The van der Waals surface area contributed by atoms with E-state index in [9.17, 15) is 4.79 Å². The summed E-state index contributed by atoms with van der Waals surface area (Å²) in [7, 11) is 1.85. The minimum atomic E-state index is 0.0647. The van der Waals surface area contributed by atoms with Gasteiger partial charge in [0.15, 0.2) is 0 Å². The van der Waals surface area contributed by atoms with Gasteiger partial charge in [0.25, 0.3) is 5.91 Å². The van der Waals surface area contributed by atoms with Gasteiger partial charge in [0, 0.05) is 23.1 Å². The molecule has 0 saturated heterocycles. The van der Waals surface area contributed by atoms with Crippen molar-refractivity contribution in [2.24, 2.45) is 0 Å². The predicted octanol–water partition coefficient (Wildman–Crippen LogP) is 3.34. The average molecular weight is 289 g/mol. The Balaban J connectivity index is 2.21. The maximum atomic E-state index is 12.0. The first-order valence-corrected chi connectivity index (χ1v) is 5.99. The normalized spacial score (nSPS) is 15.1. The van der Waals surface area contributed by atoms with Crippen LogP contribution in [0, 0.1) is 0 Å². The molecule has 0 unspecified atom stereocenters. The maximum Gasteiger partial charge on any atom is 0.253 e. The highest BCUT2D eigenvalue weighted by atomic mass is 79.9. The summed E-state index contributed by atoms with van der Waals surface area (Å²) >= 11 is 9.18. The Morgan fingerprint density at radius 3 is 2.73 bits per heavy atom. The number of rotatable bonds is 2. The number of nitrogens with zero attached hydrogens (tertiary/aromatic N) is 1. The number of amides is 1. The van der Waals surface area contributed by atoms with Gasteiger partial charge in [-0.05, 0) is 47.0 Å². The SMILES string of the molecule is CN(C(=O)c1ccc(Cl)c(Br)c1)C1CC1. The van der Waals surface area contributed by atoms with Crippen molar-refractivity contribution < 1.29 is 4.79 Å². The summed E-state index contributed by atoms with van der Waals surface area (Å²) in [6.45, 7) is 0. The van der Waals surface area contributed by atoms with Crippen LogP contribution >= 0.6 is 27.5 Å². The molecule has 1 fully saturated rings. The molecule has 2 rings (SSSR count). The van der Waals surface area contributed by atoms with E-state index in [1.807, 2.05) is 7.05 Å². The van der Waals surface area contributed by atoms with Gasteiger partial charge in [-0.15, -0.1) is 0 Å². The van der Waals surface area contributed by atoms with Crippen LogP contribution in [0.1, 0.15) is 23.2 Å². The van der Waals surface area contributed by atoms with Crippen molar-refractivity contribution in [3.63, 3.8) is 0 Å². The molecule has 0 N–H and O–H groups in total. The minimum absolute atomic E-state index is 0.0647. The van der Waals surface area contributed by atoms with Gasteiger partial charge in [-0.25, -0.2) is 0 Å². The van der Waals surface area contributed by atoms with E-state index in [0.29, 0.717) is 16.6 Å². The first-order chi connectivity index (χ1) is 7.09. The number of halogens is 2. The van der Waals surface area contributed by atoms with Crippen LogP contribution in [0.25, 0.3) is 0 Å². The van der Waals surface area contributed by atoms with Crippen LogP contribution in [-0.2, 0) is 0 Å². The Morgan fingerprint density at radius 1 is 1.53 bits per heavy atom. The largest absolute Gasteiger partial charge is 0.339 e. The van der Waals surface area contributed by atoms with Crippen molar-refractivity contribution in [3.05, 3.63) is 33.3 Å². The topological polar surface area (TPSA) is 20.3 Å². The number of carbonyl (C=O) groups excluding carboxylic acids is 1. The highest BCUT2D eigenvalue weighted by molar-refractivity contribution is 9.10. The third-order valence-corrected chi connectivity index (χ3v) is 3.80. The summed E-state index contributed by atoms with van der Waals surface area (Å²) < 4.78 is 0.763. The third kappa shape index (κ3) is 2.34. The van der Waals surface area contributed by atoms with Crippen molar-refractivity contribution in [2.45, 2.75) is 18.9 Å². The monoisotopic (exact) mass is 287 g/mol. The lowest BCUT2D eigenvalue weighted by Crippen LogP contribution is -2.28. The summed E-state index contributed by atoms with van der Waals surface area (Å²) in [5.74, 6) is 0.0647. The highest BCUT2D eigenvalue weighted by Gasteiger charge is 2.30. The predicted molar refractivity (Wildman–Crippen MR) is 64.3 cm³/mol. The van der Waals surface area contributed by atoms with Crippen LogP contribution in [0.4, 0.5) is 0 Å². The van der Waals surface area contributed by atoms with E-state index >= 15 is 0 Å². The molecule has 1 saturated carbocycles. The van der Waals surface area contributed by atoms with Gasteiger partial charge in [-0.3, -0.25) is 4.79 Å². The molecule has 0 aliphatic heterocycles. The molecule has 1 amide bonds. The Kier molecular flexibility index (Phi) is 3.03. The van der Waals surface area contributed by atoms with E-state index in [1.165, 1.54) is 0 Å². The second kappa shape index (κ2) is 4.14. The van der Waals surface area contributed by atoms with Gasteiger partial charge in [-0.1, -0.05) is 11.6 Å². The van der Waals surface area contributed by atoms with Crippen LogP contribution in [-0.4, -0.2) is 23.9 Å². The van der Waals surface area contributed by atoms with Gasteiger partial charge in [0.1, 0.15) is 0 Å². The first-order valence-electron chi connectivity index (χ1n) is 4.82. The molecule has 0 bridgehead atoms. The van der Waals surface area contributed by atoms with Gasteiger partial charge < -0.3 is 4.90 Å². The van der Waals surface area contributed by atoms with E-state index in [1.54, 1.807) is 23.1 Å². The van der Waals surface area contributed by atoms with Crippen molar-refractivity contribution in [3.8, 4) is 0 Å². The van der Waals surface area contributed by atoms with E-state index in [4.69, 9.17) is 11.6 Å². The molecule has 1 aromatic rings. The first kappa shape index (κ1) is 11.0. The van der Waals surface area contributed by atoms with Crippen molar-refractivity contribution in [1.29, 1.82) is 0 Å². The van der Waals surface area contributed by atoms with Crippen molar-refractivity contribution in [1.82, 2.24) is 4.90 Å². The number of carbonyl (C=O) groups is 1. The van der Waals surface area contributed by atoms with Crippen LogP contribution in [0.15, 0.2) is 22.7 Å². The quantitative estimate of drug-likeness (QED) is 0.817. The summed E-state index contributed by atoms with van der Waals surface area (Å²) in [5, 5.41) is 0.626. The molecule has 1 aromatic carbocycles. The van der Waals surface area contributed by atoms with Crippen LogP contribution in [0.2, 0.25) is 5.02 Å². The lowest BCUT2D eigenvalue weighted by atomic mass is 10.2. The van der Waals surface area contributed by atoms with Crippen molar-refractivity contribution in [2.75, 3.05) is 7.05 Å². The molecule has 0 spiro atoms. The van der Waals surface area contributed by atoms with Crippen molar-refractivity contribution >= 4 is 33.4 Å². The summed E-state index contributed by atoms with van der Waals surface area (Å²) in [6.07, 6.45) is 2.24. The molecule has 1 aliphatic carbocycles. The van der Waals surface area contributed by atoms with Crippen LogP contribution in [0.3, 0.4) is 0 Å². The Bertz CT molecular complexity index is 404. The molecule has 4 heteroatoms. The molecule has 15 heavy (non-hydrogen) atoms. The summed E-state index contributed by atoms with van der Waals surface area (Å²) in [6, 6.07) is 5.70. The summed E-state index contributed by atoms with van der Waals surface area (Å²) in [4.78, 5) is 13.8. The van der Waals surface area contributed by atoms with Gasteiger partial charge in [-0.2, -0.15) is 0 Å². The fourth-order valence-electron chi connectivity index (χ4n) is 1.46. The molecule has 80 valence electrons. The fourth-order valence-corrected chi connectivity index (χ4v) is 1.96. The molecule has 2 nitrogen and oxygen atoms in total. The molecule has 0 atom stereocenters. The molecular formula is C11H11BrClNO. The second-order valence-electron chi connectivity index (χ2n) is 3.78. The number of hydrogen-bond acceptors (Lipinski definition) is 1. The van der Waals surface area contributed by atoms with Gasteiger partial charge >= 0.3 is 0 Å². The summed E-state index contributed by atoms with van der Waals surface area (Å²) in [5.41, 5.74) is 0.681. The number of hydrogen-bond donors (Lipinski definition) is 0. The highest BCUT2D eigenvalue weighted by Crippen LogP contribution is 2.28. The van der Waals surface area contributed by atoms with Gasteiger partial charge in [0.05, 0.1) is 5.02 Å². The third-order valence-electron chi connectivity index (χ3n) is 2.58. The zero-order valence-electron chi connectivity index (χ0n) is 8.34. The smallest absolute Gasteiger partial charge is 0.253 e. The van der Waals surface area contributed by atoms with E-state index < -0.39 is 0 Å². The molecule has 0 radical (unpaired) electrons. The lowest BCUT2D eigenvalue weighted by molar-refractivity contribution is 0.0785. The molecule has 0 aromatic heterocycles. The number of benzene rings is 1. The molecule has 0 heterocycles. The van der Waals surface area contributed by atoms with Crippen LogP contribution < -0.4 is 0 Å². The standard InChI is InChI=1S/C11H11BrClNO/c1-14(8-3-4-8)11(15)7-2-5-10(13)9(12)6-7/h2,5-6,8H,3-4H2,1H3. The minimum Gasteiger partial charge on any atom is -0.339 e. The van der Waals surface area contributed by atoms with E-state index in [-0.39, 0.29) is 5.91 Å². The fraction of sp³-hybridized carbons (Fsp3) is 0.364. The second-order valence-corrected chi connectivity index (χ2v) is 5.04. The Hall–Kier alpha value is -0.540. The Labute approximate surface area is 102 Å². The zero-order chi connectivity index (χ0) is 11.0. The molecular weight excluding hydrogens is 277 g/mol. The zero-order valence-corrected chi connectivity index (χ0v) is 10.7. The average Bonchev–Trinajstić information content (AvgIpc) is 3.03. The van der Waals surface area contributed by atoms with Crippen LogP contribution in [0.5, 0.6) is 0 Å². The molecule has 1 aliphatic rings.